The molecule has 0 aliphatic heterocycles. The quantitative estimate of drug-likeness (QED) is 0.0965. The maximum Gasteiger partial charge on any atom is 0.122 e. The summed E-state index contributed by atoms with van der Waals surface area (Å²) in [5.41, 5.74) is 12.6. The van der Waals surface area contributed by atoms with Crippen molar-refractivity contribution in [1.29, 1.82) is 0 Å². The van der Waals surface area contributed by atoms with Crippen LogP contribution in [0.1, 0.15) is 195 Å². The molecule has 2 aliphatic rings. The topological polar surface area (TPSA) is 80.9 Å². The molecular weight excluding hydrogens is 689 g/mol. The number of benzene rings is 4. The van der Waals surface area contributed by atoms with Gasteiger partial charge in [0.1, 0.15) is 23.0 Å². The SMILES string of the molecule is CCCCCCCCCc1cc(C)cc(Cc2cc(C)cc(C)c2O)c1O.Cc1cc(Cc2cc(C)cc(C3CCCCC3)c2O)c(O)c(C2CCCCC2)c1. The van der Waals surface area contributed by atoms with E-state index in [0.29, 0.717) is 47.7 Å². The highest BCUT2D eigenvalue weighted by molar-refractivity contribution is 5.53. The molecule has 0 spiro atoms. The molecule has 0 unspecified atom stereocenters. The summed E-state index contributed by atoms with van der Waals surface area (Å²) in [5, 5.41) is 43.4. The van der Waals surface area contributed by atoms with E-state index in [0.717, 1.165) is 62.9 Å². The zero-order valence-electron chi connectivity index (χ0n) is 35.7. The van der Waals surface area contributed by atoms with Crippen molar-refractivity contribution in [1.82, 2.24) is 0 Å². The highest BCUT2D eigenvalue weighted by Crippen LogP contribution is 2.43. The minimum absolute atomic E-state index is 0.343. The van der Waals surface area contributed by atoms with Gasteiger partial charge in [-0.25, -0.2) is 0 Å². The number of hydrogen-bond acceptors (Lipinski definition) is 4. The normalized spacial score (nSPS) is 15.1. The number of aromatic hydroxyl groups is 4. The first kappa shape index (κ1) is 43.2. The Balaban J connectivity index is 0.000000215. The Bertz CT molecular complexity index is 1800. The van der Waals surface area contributed by atoms with Gasteiger partial charge in [-0.3, -0.25) is 0 Å². The van der Waals surface area contributed by atoms with Gasteiger partial charge in [-0.1, -0.05) is 155 Å². The molecule has 0 atom stereocenters. The number of aryl methyl sites for hydroxylation is 6. The Morgan fingerprint density at radius 3 is 1.27 bits per heavy atom. The third-order valence-corrected chi connectivity index (χ3v) is 12.6. The van der Waals surface area contributed by atoms with Crippen molar-refractivity contribution in [2.24, 2.45) is 0 Å². The molecule has 2 aliphatic carbocycles. The van der Waals surface area contributed by atoms with Gasteiger partial charge in [0.2, 0.25) is 0 Å². The molecule has 0 bridgehead atoms. The summed E-state index contributed by atoms with van der Waals surface area (Å²) in [6.45, 7) is 12.5. The van der Waals surface area contributed by atoms with Gasteiger partial charge >= 0.3 is 0 Å². The molecule has 0 saturated heterocycles. The lowest BCUT2D eigenvalue weighted by Crippen LogP contribution is -2.07. The fraction of sp³-hybridized carbons (Fsp3) is 0.538. The predicted molar refractivity (Wildman–Crippen MR) is 235 cm³/mol. The second-order valence-electron chi connectivity index (χ2n) is 17.6. The van der Waals surface area contributed by atoms with Crippen LogP contribution in [0.4, 0.5) is 0 Å². The van der Waals surface area contributed by atoms with Crippen molar-refractivity contribution < 1.29 is 20.4 Å². The second-order valence-corrected chi connectivity index (χ2v) is 17.6. The van der Waals surface area contributed by atoms with Crippen molar-refractivity contribution in [3.63, 3.8) is 0 Å². The van der Waals surface area contributed by atoms with E-state index in [4.69, 9.17) is 0 Å². The Morgan fingerprint density at radius 2 is 0.786 bits per heavy atom. The molecule has 0 amide bonds. The third kappa shape index (κ3) is 11.8. The number of phenolic OH excluding ortho intramolecular Hbond substituents is 4. The highest BCUT2D eigenvalue weighted by Gasteiger charge is 2.24. The molecule has 2 saturated carbocycles. The van der Waals surface area contributed by atoms with Gasteiger partial charge in [0, 0.05) is 12.8 Å². The van der Waals surface area contributed by atoms with Crippen LogP contribution >= 0.6 is 0 Å². The van der Waals surface area contributed by atoms with Crippen LogP contribution in [0, 0.1) is 34.6 Å². The molecule has 56 heavy (non-hydrogen) atoms. The average Bonchev–Trinajstić information content (AvgIpc) is 3.18. The van der Waals surface area contributed by atoms with Crippen LogP contribution in [0.25, 0.3) is 0 Å². The lowest BCUT2D eigenvalue weighted by Gasteiger charge is -2.25. The van der Waals surface area contributed by atoms with Crippen LogP contribution in [-0.4, -0.2) is 20.4 Å². The van der Waals surface area contributed by atoms with Gasteiger partial charge in [0.25, 0.3) is 0 Å². The van der Waals surface area contributed by atoms with Crippen molar-refractivity contribution in [3.8, 4) is 23.0 Å². The first-order chi connectivity index (χ1) is 26.9. The van der Waals surface area contributed by atoms with E-state index in [1.165, 1.54) is 119 Å². The first-order valence-corrected chi connectivity index (χ1v) is 22.2. The van der Waals surface area contributed by atoms with Crippen molar-refractivity contribution in [3.05, 3.63) is 115 Å². The fourth-order valence-corrected chi connectivity index (χ4v) is 9.61. The Labute approximate surface area is 339 Å². The molecule has 304 valence electrons. The lowest BCUT2D eigenvalue weighted by atomic mass is 9.81. The molecule has 4 aromatic rings. The minimum Gasteiger partial charge on any atom is -0.507 e. The van der Waals surface area contributed by atoms with E-state index in [1.807, 2.05) is 32.0 Å². The van der Waals surface area contributed by atoms with E-state index in [-0.39, 0.29) is 0 Å². The Hall–Kier alpha value is -3.92. The Morgan fingerprint density at radius 1 is 0.411 bits per heavy atom. The molecule has 0 aromatic heterocycles. The van der Waals surface area contributed by atoms with Gasteiger partial charge in [-0.15, -0.1) is 0 Å². The van der Waals surface area contributed by atoms with Gasteiger partial charge in [-0.05, 0) is 129 Å². The minimum atomic E-state index is 0.343. The van der Waals surface area contributed by atoms with Gasteiger partial charge in [0.15, 0.2) is 0 Å². The number of phenols is 4. The van der Waals surface area contributed by atoms with Crippen molar-refractivity contribution >= 4 is 0 Å². The average molecular weight is 761 g/mol. The smallest absolute Gasteiger partial charge is 0.122 e. The van der Waals surface area contributed by atoms with Crippen LogP contribution in [-0.2, 0) is 19.3 Å². The highest BCUT2D eigenvalue weighted by atomic mass is 16.3. The van der Waals surface area contributed by atoms with E-state index in [2.05, 4.69) is 58.0 Å². The summed E-state index contributed by atoms with van der Waals surface area (Å²) in [6, 6.07) is 16.7. The Kier molecular flexibility index (Phi) is 16.2. The zero-order valence-corrected chi connectivity index (χ0v) is 35.7. The van der Waals surface area contributed by atoms with E-state index in [9.17, 15) is 20.4 Å². The molecule has 4 N–H and O–H groups in total. The molecule has 2 fully saturated rings. The summed E-state index contributed by atoms with van der Waals surface area (Å²) < 4.78 is 0. The van der Waals surface area contributed by atoms with E-state index >= 15 is 0 Å². The molecule has 4 nitrogen and oxygen atoms in total. The lowest BCUT2D eigenvalue weighted by molar-refractivity contribution is 0.408. The summed E-state index contributed by atoms with van der Waals surface area (Å²) in [4.78, 5) is 0. The van der Waals surface area contributed by atoms with Gasteiger partial charge in [0.05, 0.1) is 0 Å². The van der Waals surface area contributed by atoms with Crippen molar-refractivity contribution in [2.75, 3.05) is 0 Å². The van der Waals surface area contributed by atoms with Crippen LogP contribution in [0.3, 0.4) is 0 Å². The van der Waals surface area contributed by atoms with Crippen LogP contribution in [0.2, 0.25) is 0 Å². The fourth-order valence-electron chi connectivity index (χ4n) is 9.61. The largest absolute Gasteiger partial charge is 0.507 e. The third-order valence-electron chi connectivity index (χ3n) is 12.6. The standard InChI is InChI=1S/C27H36O2.C25H36O2/c1-18-13-22(26(28)24(15-18)20-9-5-3-6-10-20)17-23-14-19(2)16-25(27(23)29)21-11-7-4-8-12-21;1-5-6-7-8-9-10-11-12-21-14-19(3)16-23(25(21)27)17-22-15-18(2)13-20(4)24(22)26/h13-16,20-21,28-29H,3-12,17H2,1-2H3;13-16,26-27H,5-12,17H2,1-4H3. The molecule has 4 heteroatoms. The molecule has 6 rings (SSSR count). The summed E-state index contributed by atoms with van der Waals surface area (Å²) in [7, 11) is 0. The predicted octanol–water partition coefficient (Wildman–Crippen LogP) is 14.3. The maximum atomic E-state index is 11.1. The van der Waals surface area contributed by atoms with Crippen LogP contribution in [0.5, 0.6) is 23.0 Å². The summed E-state index contributed by atoms with van der Waals surface area (Å²) in [5.74, 6) is 2.63. The van der Waals surface area contributed by atoms with Crippen LogP contribution < -0.4 is 0 Å². The summed E-state index contributed by atoms with van der Waals surface area (Å²) in [6.07, 6.45) is 23.4. The first-order valence-electron chi connectivity index (χ1n) is 22.2. The maximum absolute atomic E-state index is 11.1. The van der Waals surface area contributed by atoms with E-state index < -0.39 is 0 Å². The number of rotatable bonds is 14. The van der Waals surface area contributed by atoms with Crippen LogP contribution in [0.15, 0.2) is 48.5 Å². The van der Waals surface area contributed by atoms with E-state index in [1.54, 1.807) is 0 Å². The monoisotopic (exact) mass is 761 g/mol. The molecule has 0 heterocycles. The van der Waals surface area contributed by atoms with Gasteiger partial charge in [-0.2, -0.15) is 0 Å². The number of hydrogen-bond donors (Lipinski definition) is 4. The summed E-state index contributed by atoms with van der Waals surface area (Å²) >= 11 is 0. The number of unbranched alkanes of at least 4 members (excludes halogenated alkanes) is 6. The molecular formula is C52H72O4. The second kappa shape index (κ2) is 21.0. The molecule has 4 aromatic carbocycles. The molecule has 0 radical (unpaired) electrons. The van der Waals surface area contributed by atoms with Gasteiger partial charge < -0.3 is 20.4 Å². The van der Waals surface area contributed by atoms with Crippen molar-refractivity contribution in [2.45, 2.75) is 182 Å². The zero-order chi connectivity index (χ0) is 40.2.